The fraction of sp³-hybridized carbons (Fsp3) is 0.750. The fourth-order valence-electron chi connectivity index (χ4n) is 1.74. The third kappa shape index (κ3) is 4.86. The van der Waals surface area contributed by atoms with Gasteiger partial charge in [0.15, 0.2) is 0 Å². The van der Waals surface area contributed by atoms with Crippen LogP contribution < -0.4 is 21.7 Å². The van der Waals surface area contributed by atoms with Gasteiger partial charge in [0.05, 0.1) is 12.6 Å². The zero-order valence-corrected chi connectivity index (χ0v) is 11.4. The van der Waals surface area contributed by atoms with Crippen molar-refractivity contribution in [2.75, 3.05) is 13.1 Å². The molecule has 1 heterocycles. The van der Waals surface area contributed by atoms with Gasteiger partial charge in [-0.15, -0.1) is 0 Å². The normalized spacial score (nSPS) is 20.6. The smallest absolute Gasteiger partial charge is 0.242 e. The van der Waals surface area contributed by atoms with E-state index in [0.717, 1.165) is 6.42 Å². The molecular formula is C12H22N4O3. The standard InChI is InChI=1S/C12H22N4O3/c1-7(2)10(13)12(19)15-6-9(17)16-8-4-3-5-14-11(8)18/h7-8,10H,3-6,13H2,1-2H3,(H,14,18)(H,15,19)(H,16,17)/t8?,10-/m0/s1. The molecule has 0 aromatic carbocycles. The monoisotopic (exact) mass is 270 g/mol. The molecule has 7 nitrogen and oxygen atoms in total. The maximum Gasteiger partial charge on any atom is 0.242 e. The molecule has 3 amide bonds. The highest BCUT2D eigenvalue weighted by Crippen LogP contribution is 2.02. The molecule has 0 saturated carbocycles. The van der Waals surface area contributed by atoms with E-state index in [4.69, 9.17) is 5.73 Å². The molecule has 0 aromatic heterocycles. The predicted octanol–water partition coefficient (Wildman–Crippen LogP) is -1.52. The summed E-state index contributed by atoms with van der Waals surface area (Å²) in [4.78, 5) is 34.6. The van der Waals surface area contributed by atoms with E-state index >= 15 is 0 Å². The number of nitrogens with two attached hydrogens (primary N) is 1. The highest BCUT2D eigenvalue weighted by Gasteiger charge is 2.24. The number of piperidine rings is 1. The Labute approximate surface area is 112 Å². The Kier molecular flexibility index (Phi) is 5.75. The third-order valence-corrected chi connectivity index (χ3v) is 3.06. The first kappa shape index (κ1) is 15.4. The number of carbonyl (C=O) groups excluding carboxylic acids is 3. The number of amides is 3. The second-order valence-corrected chi connectivity index (χ2v) is 5.04. The molecule has 1 saturated heterocycles. The zero-order chi connectivity index (χ0) is 14.4. The molecule has 0 aromatic rings. The summed E-state index contributed by atoms with van der Waals surface area (Å²) in [5, 5.41) is 7.72. The minimum atomic E-state index is -0.634. The average molecular weight is 270 g/mol. The number of nitrogens with one attached hydrogen (secondary N) is 3. The van der Waals surface area contributed by atoms with Gasteiger partial charge >= 0.3 is 0 Å². The lowest BCUT2D eigenvalue weighted by Gasteiger charge is -2.23. The summed E-state index contributed by atoms with van der Waals surface area (Å²) in [5.41, 5.74) is 5.64. The maximum absolute atomic E-state index is 11.6. The van der Waals surface area contributed by atoms with Crippen molar-refractivity contribution in [1.82, 2.24) is 16.0 Å². The van der Waals surface area contributed by atoms with Gasteiger partial charge in [-0.1, -0.05) is 13.8 Å². The lowest BCUT2D eigenvalue weighted by molar-refractivity contribution is -0.131. The van der Waals surface area contributed by atoms with Gasteiger partial charge in [0.25, 0.3) is 0 Å². The van der Waals surface area contributed by atoms with Crippen molar-refractivity contribution < 1.29 is 14.4 Å². The quantitative estimate of drug-likeness (QED) is 0.486. The van der Waals surface area contributed by atoms with Crippen molar-refractivity contribution in [3.63, 3.8) is 0 Å². The summed E-state index contributed by atoms with van der Waals surface area (Å²) in [6, 6.07) is -1.14. The van der Waals surface area contributed by atoms with Crippen molar-refractivity contribution in [3.05, 3.63) is 0 Å². The van der Waals surface area contributed by atoms with Gasteiger partial charge < -0.3 is 21.7 Å². The van der Waals surface area contributed by atoms with Crippen molar-refractivity contribution in [3.8, 4) is 0 Å². The zero-order valence-electron chi connectivity index (χ0n) is 11.4. The molecule has 0 spiro atoms. The minimum absolute atomic E-state index is 0.00665. The topological polar surface area (TPSA) is 113 Å². The highest BCUT2D eigenvalue weighted by atomic mass is 16.2. The Balaban J connectivity index is 2.31. The van der Waals surface area contributed by atoms with Crippen molar-refractivity contribution in [2.45, 2.75) is 38.8 Å². The van der Waals surface area contributed by atoms with Crippen LogP contribution in [0.4, 0.5) is 0 Å². The van der Waals surface area contributed by atoms with E-state index in [1.165, 1.54) is 0 Å². The Morgan fingerprint density at radius 1 is 1.47 bits per heavy atom. The first-order chi connectivity index (χ1) is 8.91. The van der Waals surface area contributed by atoms with E-state index in [0.29, 0.717) is 13.0 Å². The Hall–Kier alpha value is -1.63. The van der Waals surface area contributed by atoms with Crippen molar-refractivity contribution >= 4 is 17.7 Å². The van der Waals surface area contributed by atoms with Crippen LogP contribution in [0.1, 0.15) is 26.7 Å². The number of carbonyl (C=O) groups is 3. The molecule has 7 heteroatoms. The van der Waals surface area contributed by atoms with Gasteiger partial charge in [-0.05, 0) is 18.8 Å². The van der Waals surface area contributed by atoms with Crippen LogP contribution in [-0.4, -0.2) is 42.9 Å². The van der Waals surface area contributed by atoms with Crippen LogP contribution in [0.2, 0.25) is 0 Å². The van der Waals surface area contributed by atoms with E-state index in [1.54, 1.807) is 0 Å². The van der Waals surface area contributed by atoms with Crippen molar-refractivity contribution in [1.29, 1.82) is 0 Å². The lowest BCUT2D eigenvalue weighted by atomic mass is 10.1. The molecule has 1 fully saturated rings. The first-order valence-electron chi connectivity index (χ1n) is 6.52. The summed E-state index contributed by atoms with van der Waals surface area (Å²) < 4.78 is 0. The minimum Gasteiger partial charge on any atom is -0.354 e. The summed E-state index contributed by atoms with van der Waals surface area (Å²) in [6.45, 7) is 4.14. The van der Waals surface area contributed by atoms with Gasteiger partial charge in [-0.3, -0.25) is 14.4 Å². The second kappa shape index (κ2) is 7.08. The first-order valence-corrected chi connectivity index (χ1v) is 6.52. The summed E-state index contributed by atoms with van der Waals surface area (Å²) in [7, 11) is 0. The molecule has 1 rings (SSSR count). The van der Waals surface area contributed by atoms with Crippen LogP contribution in [0.5, 0.6) is 0 Å². The van der Waals surface area contributed by atoms with E-state index in [9.17, 15) is 14.4 Å². The number of rotatable bonds is 5. The van der Waals surface area contributed by atoms with Crippen LogP contribution in [0, 0.1) is 5.92 Å². The Morgan fingerprint density at radius 3 is 2.74 bits per heavy atom. The molecule has 0 bridgehead atoms. The van der Waals surface area contributed by atoms with Crippen LogP contribution >= 0.6 is 0 Å². The van der Waals surface area contributed by atoms with Crippen LogP contribution in [0.15, 0.2) is 0 Å². The largest absolute Gasteiger partial charge is 0.354 e. The molecule has 0 aliphatic carbocycles. The van der Waals surface area contributed by atoms with Crippen molar-refractivity contribution in [2.24, 2.45) is 11.7 Å². The van der Waals surface area contributed by atoms with Crippen LogP contribution in [0.25, 0.3) is 0 Å². The fourth-order valence-corrected chi connectivity index (χ4v) is 1.74. The molecule has 19 heavy (non-hydrogen) atoms. The van der Waals surface area contributed by atoms with E-state index in [1.807, 2.05) is 13.8 Å². The van der Waals surface area contributed by atoms with Crippen LogP contribution in [-0.2, 0) is 14.4 Å². The van der Waals surface area contributed by atoms with E-state index < -0.39 is 12.1 Å². The highest BCUT2D eigenvalue weighted by molar-refractivity contribution is 5.91. The SMILES string of the molecule is CC(C)[C@H](N)C(=O)NCC(=O)NC1CCCNC1=O. The van der Waals surface area contributed by atoms with Gasteiger partial charge in [0, 0.05) is 6.54 Å². The molecule has 2 atom stereocenters. The average Bonchev–Trinajstić information content (AvgIpc) is 2.37. The summed E-state index contributed by atoms with van der Waals surface area (Å²) in [5.74, 6) is -0.915. The van der Waals surface area contributed by atoms with E-state index in [2.05, 4.69) is 16.0 Å². The molecule has 1 aliphatic heterocycles. The molecule has 5 N–H and O–H groups in total. The Morgan fingerprint density at radius 2 is 2.16 bits per heavy atom. The van der Waals surface area contributed by atoms with E-state index in [-0.39, 0.29) is 30.2 Å². The van der Waals surface area contributed by atoms with Gasteiger partial charge in [0.1, 0.15) is 6.04 Å². The predicted molar refractivity (Wildman–Crippen MR) is 70.0 cm³/mol. The summed E-state index contributed by atoms with van der Waals surface area (Å²) >= 11 is 0. The Bertz CT molecular complexity index is 357. The molecule has 1 unspecified atom stereocenters. The number of hydrogen-bond acceptors (Lipinski definition) is 4. The van der Waals surface area contributed by atoms with Gasteiger partial charge in [-0.25, -0.2) is 0 Å². The third-order valence-electron chi connectivity index (χ3n) is 3.06. The van der Waals surface area contributed by atoms with Gasteiger partial charge in [0.2, 0.25) is 17.7 Å². The molecule has 108 valence electrons. The van der Waals surface area contributed by atoms with Gasteiger partial charge in [-0.2, -0.15) is 0 Å². The second-order valence-electron chi connectivity index (χ2n) is 5.04. The molecule has 1 aliphatic rings. The lowest BCUT2D eigenvalue weighted by Crippen LogP contribution is -2.53. The molecular weight excluding hydrogens is 248 g/mol. The number of hydrogen-bond donors (Lipinski definition) is 4. The van der Waals surface area contributed by atoms with Crippen LogP contribution in [0.3, 0.4) is 0 Å². The summed E-state index contributed by atoms with van der Waals surface area (Å²) in [6.07, 6.45) is 1.46. The molecule has 0 radical (unpaired) electrons. The maximum atomic E-state index is 11.6.